The van der Waals surface area contributed by atoms with E-state index in [0.717, 1.165) is 0 Å². The predicted octanol–water partition coefficient (Wildman–Crippen LogP) is 3.24. The first-order valence-electron chi connectivity index (χ1n) is 6.69. The second-order valence-corrected chi connectivity index (χ2v) is 4.29. The Morgan fingerprint density at radius 3 is 2.09 bits per heavy atom. The Balaban J connectivity index is 2.07. The number of para-hydroxylation sites is 3. The fourth-order valence-electron chi connectivity index (χ4n) is 1.83. The fourth-order valence-corrected chi connectivity index (χ4v) is 1.83. The van der Waals surface area contributed by atoms with Crippen LogP contribution in [-0.4, -0.2) is 24.9 Å². The second-order valence-electron chi connectivity index (χ2n) is 4.29. The quantitative estimate of drug-likeness (QED) is 0.813. The zero-order valence-corrected chi connectivity index (χ0v) is 11.7. The summed E-state index contributed by atoms with van der Waals surface area (Å²) < 4.78 is 40.1. The van der Waals surface area contributed by atoms with Crippen molar-refractivity contribution in [2.45, 2.75) is 13.2 Å². The van der Waals surface area contributed by atoms with E-state index < -0.39 is 6.61 Å². The number of rotatable bonds is 8. The molecule has 0 spiro atoms. The minimum absolute atomic E-state index is 0.0579. The van der Waals surface area contributed by atoms with Gasteiger partial charge in [-0.2, -0.15) is 8.78 Å². The molecule has 0 atom stereocenters. The first-order valence-corrected chi connectivity index (χ1v) is 6.69. The average Bonchev–Trinajstić information content (AvgIpc) is 2.52. The van der Waals surface area contributed by atoms with Gasteiger partial charge >= 0.3 is 6.61 Å². The Morgan fingerprint density at radius 2 is 1.45 bits per heavy atom. The molecule has 2 rings (SSSR count). The van der Waals surface area contributed by atoms with E-state index in [-0.39, 0.29) is 25.6 Å². The molecule has 2 aromatic rings. The Bertz CT molecular complexity index is 590. The number of hydrogen-bond donors (Lipinski definition) is 1. The van der Waals surface area contributed by atoms with Crippen LogP contribution in [0.4, 0.5) is 8.78 Å². The van der Waals surface area contributed by atoms with E-state index in [1.807, 2.05) is 0 Å². The number of ether oxygens (including phenoxy) is 3. The van der Waals surface area contributed by atoms with Gasteiger partial charge in [0.05, 0.1) is 6.61 Å². The lowest BCUT2D eigenvalue weighted by Crippen LogP contribution is -2.07. The molecular weight excluding hydrogens is 294 g/mol. The maximum atomic E-state index is 12.4. The lowest BCUT2D eigenvalue weighted by atomic mass is 10.2. The van der Waals surface area contributed by atoms with Crippen molar-refractivity contribution in [2.24, 2.45) is 0 Å². The fraction of sp³-hybridized carbons (Fsp3) is 0.250. The summed E-state index contributed by atoms with van der Waals surface area (Å²) in [5, 5.41) is 8.79. The van der Waals surface area contributed by atoms with Gasteiger partial charge < -0.3 is 19.3 Å². The highest BCUT2D eigenvalue weighted by Gasteiger charge is 2.11. The monoisotopic (exact) mass is 310 g/mol. The van der Waals surface area contributed by atoms with Crippen LogP contribution in [0.15, 0.2) is 48.5 Å². The molecule has 4 nitrogen and oxygen atoms in total. The number of halogens is 2. The summed E-state index contributed by atoms with van der Waals surface area (Å²) in [4.78, 5) is 0. The summed E-state index contributed by atoms with van der Waals surface area (Å²) in [6, 6.07) is 13.4. The van der Waals surface area contributed by atoms with Crippen LogP contribution in [0.25, 0.3) is 0 Å². The predicted molar refractivity (Wildman–Crippen MR) is 76.4 cm³/mol. The van der Waals surface area contributed by atoms with Crippen molar-refractivity contribution in [1.82, 2.24) is 0 Å². The summed E-state index contributed by atoms with van der Waals surface area (Å²) in [5.74, 6) is 1.01. The molecule has 0 aliphatic heterocycles. The van der Waals surface area contributed by atoms with Crippen LogP contribution in [0.3, 0.4) is 0 Å². The minimum atomic E-state index is -2.89. The first-order chi connectivity index (χ1) is 10.7. The Kier molecular flexibility index (Phi) is 5.97. The largest absolute Gasteiger partial charge is 0.487 e. The summed E-state index contributed by atoms with van der Waals surface area (Å²) in [6.45, 7) is -2.80. The molecule has 118 valence electrons. The Hall–Kier alpha value is -2.34. The summed E-state index contributed by atoms with van der Waals surface area (Å²) in [7, 11) is 0. The molecule has 0 saturated carbocycles. The van der Waals surface area contributed by atoms with Crippen LogP contribution < -0.4 is 14.2 Å². The van der Waals surface area contributed by atoms with E-state index in [1.165, 1.54) is 6.07 Å². The zero-order chi connectivity index (χ0) is 15.8. The third-order valence-corrected chi connectivity index (χ3v) is 2.77. The van der Waals surface area contributed by atoms with Crippen LogP contribution in [0, 0.1) is 0 Å². The molecule has 2 aromatic carbocycles. The lowest BCUT2D eigenvalue weighted by Gasteiger charge is -2.14. The van der Waals surface area contributed by atoms with Crippen LogP contribution in [0.5, 0.6) is 17.2 Å². The van der Waals surface area contributed by atoms with Gasteiger partial charge in [-0.15, -0.1) is 0 Å². The van der Waals surface area contributed by atoms with Gasteiger partial charge in [-0.05, 0) is 18.2 Å². The summed E-state index contributed by atoms with van der Waals surface area (Å²) in [6.07, 6.45) is 0. The van der Waals surface area contributed by atoms with E-state index in [1.54, 1.807) is 42.5 Å². The molecule has 0 unspecified atom stereocenters. The lowest BCUT2D eigenvalue weighted by molar-refractivity contribution is -0.0508. The molecule has 0 aliphatic carbocycles. The van der Waals surface area contributed by atoms with Gasteiger partial charge in [0.2, 0.25) is 0 Å². The van der Waals surface area contributed by atoms with Gasteiger partial charge in [-0.25, -0.2) is 0 Å². The maximum absolute atomic E-state index is 12.4. The molecule has 1 N–H and O–H groups in total. The highest BCUT2D eigenvalue weighted by Crippen LogP contribution is 2.29. The van der Waals surface area contributed by atoms with Crippen LogP contribution in [0.2, 0.25) is 0 Å². The normalized spacial score (nSPS) is 10.5. The third kappa shape index (κ3) is 4.60. The summed E-state index contributed by atoms with van der Waals surface area (Å²) >= 11 is 0. The molecule has 0 aliphatic rings. The number of aliphatic hydroxyl groups is 1. The highest BCUT2D eigenvalue weighted by atomic mass is 19.3. The minimum Gasteiger partial charge on any atom is -0.487 e. The molecule has 0 aromatic heterocycles. The van der Waals surface area contributed by atoms with Crippen molar-refractivity contribution in [3.8, 4) is 17.2 Å². The van der Waals surface area contributed by atoms with Crippen molar-refractivity contribution in [3.05, 3.63) is 54.1 Å². The van der Waals surface area contributed by atoms with Crippen molar-refractivity contribution in [2.75, 3.05) is 13.2 Å². The molecule has 0 radical (unpaired) electrons. The van der Waals surface area contributed by atoms with Crippen LogP contribution in [-0.2, 0) is 6.61 Å². The number of aliphatic hydroxyl groups excluding tert-OH is 1. The van der Waals surface area contributed by atoms with E-state index in [2.05, 4.69) is 4.74 Å². The first kappa shape index (κ1) is 16.0. The topological polar surface area (TPSA) is 47.9 Å². The zero-order valence-electron chi connectivity index (χ0n) is 11.7. The van der Waals surface area contributed by atoms with Crippen molar-refractivity contribution < 1.29 is 28.1 Å². The van der Waals surface area contributed by atoms with Crippen LogP contribution >= 0.6 is 0 Å². The van der Waals surface area contributed by atoms with E-state index in [9.17, 15) is 8.78 Å². The van der Waals surface area contributed by atoms with Gasteiger partial charge in [0.15, 0.2) is 11.5 Å². The van der Waals surface area contributed by atoms with E-state index >= 15 is 0 Å². The molecule has 0 fully saturated rings. The van der Waals surface area contributed by atoms with Crippen molar-refractivity contribution in [1.29, 1.82) is 0 Å². The van der Waals surface area contributed by atoms with Gasteiger partial charge in [0, 0.05) is 5.56 Å². The van der Waals surface area contributed by atoms with Gasteiger partial charge in [0.1, 0.15) is 19.0 Å². The molecular formula is C16H16F2O4. The van der Waals surface area contributed by atoms with Gasteiger partial charge in [-0.1, -0.05) is 30.3 Å². The van der Waals surface area contributed by atoms with Crippen molar-refractivity contribution >= 4 is 0 Å². The van der Waals surface area contributed by atoms with Gasteiger partial charge in [0.25, 0.3) is 0 Å². The highest BCUT2D eigenvalue weighted by molar-refractivity contribution is 5.40. The Labute approximate surface area is 126 Å². The maximum Gasteiger partial charge on any atom is 0.387 e. The molecule has 0 bridgehead atoms. The number of alkyl halides is 2. The Morgan fingerprint density at radius 1 is 0.864 bits per heavy atom. The number of benzene rings is 2. The SMILES string of the molecule is OCCOc1ccccc1OCc1ccccc1OC(F)F. The second kappa shape index (κ2) is 8.19. The molecule has 22 heavy (non-hydrogen) atoms. The molecule has 0 amide bonds. The smallest absolute Gasteiger partial charge is 0.387 e. The third-order valence-electron chi connectivity index (χ3n) is 2.77. The molecule has 0 heterocycles. The molecule has 6 heteroatoms. The van der Waals surface area contributed by atoms with Crippen molar-refractivity contribution in [3.63, 3.8) is 0 Å². The van der Waals surface area contributed by atoms with Gasteiger partial charge in [-0.3, -0.25) is 0 Å². The van der Waals surface area contributed by atoms with E-state index in [4.69, 9.17) is 14.6 Å². The number of hydrogen-bond acceptors (Lipinski definition) is 4. The van der Waals surface area contributed by atoms with E-state index in [0.29, 0.717) is 17.1 Å². The summed E-state index contributed by atoms with van der Waals surface area (Å²) in [5.41, 5.74) is 0.500. The molecule has 0 saturated heterocycles. The standard InChI is InChI=1S/C16H16F2O4/c17-16(18)22-13-6-2-1-5-12(13)11-21-15-8-4-3-7-14(15)20-10-9-19/h1-8,16,19H,9-11H2. The average molecular weight is 310 g/mol. The van der Waals surface area contributed by atoms with Crippen LogP contribution in [0.1, 0.15) is 5.56 Å².